The first-order chi connectivity index (χ1) is 16.2. The van der Waals surface area contributed by atoms with E-state index in [1.54, 1.807) is 42.5 Å². The van der Waals surface area contributed by atoms with Crippen molar-refractivity contribution < 1.29 is 23.8 Å². The molecule has 0 spiro atoms. The van der Waals surface area contributed by atoms with E-state index < -0.39 is 34.7 Å². The molecular weight excluding hydrogens is 442 g/mol. The highest BCUT2D eigenvalue weighted by Gasteiger charge is 2.48. The summed E-state index contributed by atoms with van der Waals surface area (Å²) in [5.41, 5.74) is 4.95. The van der Waals surface area contributed by atoms with E-state index in [9.17, 15) is 19.2 Å². The largest absolute Gasteiger partial charge is 0.422 e. The van der Waals surface area contributed by atoms with Crippen LogP contribution in [-0.2, 0) is 19.0 Å². The van der Waals surface area contributed by atoms with Crippen LogP contribution in [0.1, 0.15) is 30.1 Å². The summed E-state index contributed by atoms with van der Waals surface area (Å²) in [7, 11) is 0. The van der Waals surface area contributed by atoms with Gasteiger partial charge >= 0.3 is 11.9 Å². The Kier molecular flexibility index (Phi) is 4.67. The number of carbonyl (C=O) groups is 2. The number of nitrogens with zero attached hydrogens (tertiary/aromatic N) is 1. The molecule has 34 heavy (non-hydrogen) atoms. The first kappa shape index (κ1) is 21.3. The number of H-pyrrole nitrogens is 1. The lowest BCUT2D eigenvalue weighted by molar-refractivity contribution is -0.225. The summed E-state index contributed by atoms with van der Waals surface area (Å²) in [5, 5.41) is 2.48. The molecule has 0 radical (unpaired) electrons. The Labute approximate surface area is 191 Å². The van der Waals surface area contributed by atoms with Gasteiger partial charge in [-0.2, -0.15) is 4.68 Å². The van der Waals surface area contributed by atoms with Crippen LogP contribution in [0, 0.1) is 0 Å². The molecule has 3 aromatic rings. The summed E-state index contributed by atoms with van der Waals surface area (Å²) in [5.74, 6) is -4.68. The van der Waals surface area contributed by atoms with Crippen LogP contribution in [0.15, 0.2) is 87.2 Å². The minimum Gasteiger partial charge on any atom is -0.422 e. The van der Waals surface area contributed by atoms with Gasteiger partial charge in [0.25, 0.3) is 22.8 Å². The molecule has 2 aliphatic rings. The number of esters is 1. The molecule has 10 nitrogen and oxygen atoms in total. The van der Waals surface area contributed by atoms with Gasteiger partial charge in [-0.15, -0.1) is 0 Å². The van der Waals surface area contributed by atoms with E-state index >= 15 is 0 Å². The normalized spacial score (nSPS) is 19.2. The van der Waals surface area contributed by atoms with E-state index in [1.807, 2.05) is 0 Å². The fraction of sp³-hybridized carbons (Fsp3) is 0.167. The highest BCUT2D eigenvalue weighted by molar-refractivity contribution is 6.03. The molecule has 0 saturated carbocycles. The number of nitrogens with one attached hydrogen (secondary N) is 1. The molecule has 5 rings (SSSR count). The van der Waals surface area contributed by atoms with Gasteiger partial charge in [-0.3, -0.25) is 19.5 Å². The number of aromatic amines is 1. The average molecular weight is 461 g/mol. The molecule has 2 aromatic carbocycles. The van der Waals surface area contributed by atoms with Crippen LogP contribution in [0.2, 0.25) is 0 Å². The zero-order chi connectivity index (χ0) is 24.2. The maximum atomic E-state index is 13.7. The van der Waals surface area contributed by atoms with Gasteiger partial charge in [0.15, 0.2) is 0 Å². The summed E-state index contributed by atoms with van der Waals surface area (Å²) in [6.45, 7) is 3.05. The molecular formula is C24H19N3O7. The number of nitrogens with two attached hydrogens (primary N) is 1. The van der Waals surface area contributed by atoms with Crippen LogP contribution in [0.25, 0.3) is 10.8 Å². The maximum Gasteiger partial charge on any atom is 0.345 e. The van der Waals surface area contributed by atoms with Crippen molar-refractivity contribution in [2.24, 2.45) is 5.73 Å². The van der Waals surface area contributed by atoms with Crippen molar-refractivity contribution in [3.05, 3.63) is 104 Å². The standard InChI is InChI=1S/C24H19N3O7/c1-24(2)33-22(31)17-15(12-8-4-3-5-9-12)16(18(25)32-23(17)34-24)21(30)27-20(29)14-11-7-6-10-13(14)19(28)26-27/h3-11,15H,25H2,1-2H3,(H,26,28). The number of allylic oxidation sites excluding steroid dienone is 1. The highest BCUT2D eigenvalue weighted by atomic mass is 16.8. The Hall–Kier alpha value is -4.60. The van der Waals surface area contributed by atoms with Gasteiger partial charge in [0.2, 0.25) is 5.88 Å². The molecule has 3 heterocycles. The van der Waals surface area contributed by atoms with Gasteiger partial charge in [-0.05, 0) is 17.7 Å². The number of aromatic nitrogens is 2. The first-order valence-electron chi connectivity index (χ1n) is 10.4. The minimum atomic E-state index is -1.32. The number of hydrogen-bond donors (Lipinski definition) is 2. The molecule has 10 heteroatoms. The van der Waals surface area contributed by atoms with Crippen molar-refractivity contribution in [2.45, 2.75) is 25.6 Å². The molecule has 2 aliphatic heterocycles. The van der Waals surface area contributed by atoms with Crippen LogP contribution in [-0.4, -0.2) is 27.4 Å². The summed E-state index contributed by atoms with van der Waals surface area (Å²) in [6, 6.07) is 14.7. The Bertz CT molecular complexity index is 1540. The Morgan fingerprint density at radius 2 is 1.62 bits per heavy atom. The van der Waals surface area contributed by atoms with Crippen LogP contribution in [0.5, 0.6) is 0 Å². The van der Waals surface area contributed by atoms with Gasteiger partial charge in [0.1, 0.15) is 5.57 Å². The number of cyclic esters (lactones) is 1. The molecule has 0 amide bonds. The van der Waals surface area contributed by atoms with E-state index in [2.05, 4.69) is 5.10 Å². The smallest absolute Gasteiger partial charge is 0.345 e. The topological polar surface area (TPSA) is 143 Å². The number of benzene rings is 2. The highest BCUT2D eigenvalue weighted by Crippen LogP contribution is 2.44. The van der Waals surface area contributed by atoms with E-state index in [0.29, 0.717) is 10.2 Å². The Morgan fingerprint density at radius 1 is 0.971 bits per heavy atom. The van der Waals surface area contributed by atoms with Crippen LogP contribution < -0.4 is 16.9 Å². The maximum absolute atomic E-state index is 13.7. The third-order valence-corrected chi connectivity index (χ3v) is 5.55. The number of rotatable bonds is 2. The first-order valence-corrected chi connectivity index (χ1v) is 10.4. The molecule has 172 valence electrons. The monoisotopic (exact) mass is 461 g/mol. The van der Waals surface area contributed by atoms with Crippen LogP contribution >= 0.6 is 0 Å². The quantitative estimate of drug-likeness (QED) is 0.551. The zero-order valence-electron chi connectivity index (χ0n) is 18.2. The third kappa shape index (κ3) is 3.27. The van der Waals surface area contributed by atoms with Crippen LogP contribution in [0.3, 0.4) is 0 Å². The molecule has 0 bridgehead atoms. The SMILES string of the molecule is CC1(C)OC(=O)C2=C(OC(N)=C(C(=O)n3[nH]c(=O)c4ccccc4c3=O)C2c2ccccc2)O1. The molecule has 1 unspecified atom stereocenters. The lowest BCUT2D eigenvalue weighted by atomic mass is 9.83. The average Bonchev–Trinajstić information content (AvgIpc) is 2.80. The van der Waals surface area contributed by atoms with Crippen molar-refractivity contribution in [1.82, 2.24) is 9.78 Å². The molecule has 0 saturated heterocycles. The van der Waals surface area contributed by atoms with E-state index in [-0.39, 0.29) is 33.7 Å². The molecule has 1 atom stereocenters. The lowest BCUT2D eigenvalue weighted by Crippen LogP contribution is -2.44. The molecule has 0 fully saturated rings. The van der Waals surface area contributed by atoms with Crippen molar-refractivity contribution in [3.63, 3.8) is 0 Å². The Morgan fingerprint density at radius 3 is 2.32 bits per heavy atom. The summed E-state index contributed by atoms with van der Waals surface area (Å²) < 4.78 is 17.1. The second-order valence-corrected chi connectivity index (χ2v) is 8.25. The van der Waals surface area contributed by atoms with E-state index in [0.717, 1.165) is 0 Å². The van der Waals surface area contributed by atoms with Crippen molar-refractivity contribution in [2.75, 3.05) is 0 Å². The second kappa shape index (κ2) is 7.48. The van der Waals surface area contributed by atoms with Crippen molar-refractivity contribution in [1.29, 1.82) is 0 Å². The molecule has 3 N–H and O–H groups in total. The summed E-state index contributed by atoms with van der Waals surface area (Å²) in [4.78, 5) is 52.3. The molecule has 0 aliphatic carbocycles. The number of fused-ring (bicyclic) bond motifs is 1. The predicted octanol–water partition coefficient (Wildman–Crippen LogP) is 1.84. The van der Waals surface area contributed by atoms with E-state index in [4.69, 9.17) is 19.9 Å². The van der Waals surface area contributed by atoms with Crippen molar-refractivity contribution >= 4 is 22.6 Å². The second-order valence-electron chi connectivity index (χ2n) is 8.25. The number of carbonyl (C=O) groups excluding carboxylic acids is 2. The fourth-order valence-corrected chi connectivity index (χ4v) is 4.09. The van der Waals surface area contributed by atoms with Gasteiger partial charge in [-0.1, -0.05) is 42.5 Å². The predicted molar refractivity (Wildman–Crippen MR) is 119 cm³/mol. The third-order valence-electron chi connectivity index (χ3n) is 5.55. The van der Waals surface area contributed by atoms with Gasteiger partial charge in [-0.25, -0.2) is 4.79 Å². The fourth-order valence-electron chi connectivity index (χ4n) is 4.09. The van der Waals surface area contributed by atoms with Gasteiger partial charge < -0.3 is 19.9 Å². The van der Waals surface area contributed by atoms with E-state index in [1.165, 1.54) is 26.0 Å². The number of ether oxygens (including phenoxy) is 3. The van der Waals surface area contributed by atoms with Crippen molar-refractivity contribution in [3.8, 4) is 0 Å². The Balaban J connectivity index is 1.73. The summed E-state index contributed by atoms with van der Waals surface area (Å²) in [6.07, 6.45) is 0. The lowest BCUT2D eigenvalue weighted by Gasteiger charge is -2.37. The molecule has 1 aromatic heterocycles. The minimum absolute atomic E-state index is 0.0498. The van der Waals surface area contributed by atoms with Gasteiger partial charge in [0.05, 0.1) is 22.3 Å². The van der Waals surface area contributed by atoms with Gasteiger partial charge in [0, 0.05) is 13.8 Å². The summed E-state index contributed by atoms with van der Waals surface area (Å²) >= 11 is 0. The van der Waals surface area contributed by atoms with Crippen LogP contribution in [0.4, 0.5) is 0 Å². The number of hydrogen-bond acceptors (Lipinski definition) is 8. The zero-order valence-corrected chi connectivity index (χ0v) is 18.2.